The summed E-state index contributed by atoms with van der Waals surface area (Å²) < 4.78 is 0. The molecule has 1 atom stereocenters. The van der Waals surface area contributed by atoms with E-state index < -0.39 is 4.92 Å². The van der Waals surface area contributed by atoms with Crippen molar-refractivity contribution in [2.75, 3.05) is 10.7 Å². The Morgan fingerprint density at radius 1 is 1.13 bits per heavy atom. The van der Waals surface area contributed by atoms with Gasteiger partial charge >= 0.3 is 0 Å². The third kappa shape index (κ3) is 3.07. The molecule has 0 spiro atoms. The summed E-state index contributed by atoms with van der Waals surface area (Å²) in [7, 11) is 0. The molecule has 0 bridgehead atoms. The van der Waals surface area contributed by atoms with Crippen molar-refractivity contribution in [1.82, 2.24) is 0 Å². The van der Waals surface area contributed by atoms with Crippen molar-refractivity contribution in [3.05, 3.63) is 69.3 Å². The van der Waals surface area contributed by atoms with E-state index in [0.717, 1.165) is 22.4 Å². The summed E-state index contributed by atoms with van der Waals surface area (Å²) in [5.41, 5.74) is 4.03. The Bertz CT molecular complexity index is 754. The molecule has 0 aromatic heterocycles. The number of anilines is 1. The van der Waals surface area contributed by atoms with E-state index >= 15 is 0 Å². The molecule has 6 heteroatoms. The van der Waals surface area contributed by atoms with Gasteiger partial charge in [-0.1, -0.05) is 6.07 Å². The van der Waals surface area contributed by atoms with Crippen LogP contribution < -0.4 is 4.90 Å². The fourth-order valence-electron chi connectivity index (χ4n) is 2.80. The highest BCUT2D eigenvalue weighted by Gasteiger charge is 2.34. The van der Waals surface area contributed by atoms with Crippen molar-refractivity contribution < 1.29 is 9.72 Å². The molecule has 1 saturated heterocycles. The number of nitro benzene ring substituents is 1. The number of aryl methyl sites for hydroxylation is 2. The number of nitrogens with zero attached hydrogens (tertiary/aromatic N) is 2. The molecular formula is C17H16N2O3S. The van der Waals surface area contributed by atoms with E-state index in [1.54, 1.807) is 17.0 Å². The van der Waals surface area contributed by atoms with Gasteiger partial charge < -0.3 is 0 Å². The Labute approximate surface area is 138 Å². The van der Waals surface area contributed by atoms with Crippen LogP contribution in [0.15, 0.2) is 42.5 Å². The minimum atomic E-state index is -0.418. The molecule has 23 heavy (non-hydrogen) atoms. The molecule has 0 aliphatic carbocycles. The Morgan fingerprint density at radius 3 is 2.30 bits per heavy atom. The SMILES string of the molecule is Cc1cc(C)cc(N2C(=O)CS[C@H]2c2ccc([N+](=O)[O-])cc2)c1. The fraction of sp³-hybridized carbons (Fsp3) is 0.235. The van der Waals surface area contributed by atoms with Crippen LogP contribution in [0.4, 0.5) is 11.4 Å². The molecule has 0 unspecified atom stereocenters. The lowest BCUT2D eigenvalue weighted by Gasteiger charge is -2.25. The molecule has 118 valence electrons. The van der Waals surface area contributed by atoms with Gasteiger partial charge in [0.25, 0.3) is 5.69 Å². The Kier molecular flexibility index (Phi) is 4.09. The van der Waals surface area contributed by atoms with Crippen molar-refractivity contribution in [3.63, 3.8) is 0 Å². The second-order valence-corrected chi connectivity index (χ2v) is 6.69. The first-order valence-corrected chi connectivity index (χ1v) is 8.27. The van der Waals surface area contributed by atoms with E-state index in [1.807, 2.05) is 26.0 Å². The van der Waals surface area contributed by atoms with Crippen molar-refractivity contribution in [1.29, 1.82) is 0 Å². The summed E-state index contributed by atoms with van der Waals surface area (Å²) in [5.74, 6) is 0.470. The molecule has 1 aliphatic rings. The zero-order valence-corrected chi connectivity index (χ0v) is 13.7. The fourth-order valence-corrected chi connectivity index (χ4v) is 3.98. The quantitative estimate of drug-likeness (QED) is 0.631. The molecule has 0 N–H and O–H groups in total. The summed E-state index contributed by atoms with van der Waals surface area (Å²) in [5, 5.41) is 10.6. The van der Waals surface area contributed by atoms with Crippen LogP contribution in [0, 0.1) is 24.0 Å². The van der Waals surface area contributed by atoms with Crippen molar-refractivity contribution in [2.24, 2.45) is 0 Å². The van der Waals surface area contributed by atoms with Gasteiger partial charge in [-0.15, -0.1) is 11.8 Å². The van der Waals surface area contributed by atoms with Gasteiger partial charge in [0.15, 0.2) is 0 Å². The number of hydrogen-bond donors (Lipinski definition) is 0. The van der Waals surface area contributed by atoms with Gasteiger partial charge in [0.1, 0.15) is 5.37 Å². The van der Waals surface area contributed by atoms with Crippen LogP contribution in [-0.4, -0.2) is 16.6 Å². The van der Waals surface area contributed by atoms with E-state index in [0.29, 0.717) is 5.75 Å². The third-order valence-electron chi connectivity index (χ3n) is 3.74. The second kappa shape index (κ2) is 6.04. The van der Waals surface area contributed by atoms with Gasteiger partial charge in [-0.05, 0) is 54.8 Å². The number of rotatable bonds is 3. The molecule has 3 rings (SSSR count). The zero-order chi connectivity index (χ0) is 16.6. The van der Waals surface area contributed by atoms with Crippen LogP contribution >= 0.6 is 11.8 Å². The van der Waals surface area contributed by atoms with Crippen LogP contribution in [0.3, 0.4) is 0 Å². The standard InChI is InChI=1S/C17H16N2O3S/c1-11-7-12(2)9-15(8-11)18-16(20)10-23-17(18)13-3-5-14(6-4-13)19(21)22/h3-9,17H,10H2,1-2H3/t17-/m0/s1. The van der Waals surface area contributed by atoms with Crippen molar-refractivity contribution in [3.8, 4) is 0 Å². The van der Waals surface area contributed by atoms with Crippen LogP contribution in [0.2, 0.25) is 0 Å². The predicted octanol–water partition coefficient (Wildman–Crippen LogP) is 3.99. The minimum absolute atomic E-state index is 0.0565. The van der Waals surface area contributed by atoms with E-state index in [2.05, 4.69) is 6.07 Å². The molecule has 2 aromatic rings. The first-order chi connectivity index (χ1) is 11.0. The Balaban J connectivity index is 1.97. The number of thioether (sulfide) groups is 1. The number of carbonyl (C=O) groups excluding carboxylic acids is 1. The summed E-state index contributed by atoms with van der Waals surface area (Å²) in [6.45, 7) is 4.01. The molecule has 1 heterocycles. The minimum Gasteiger partial charge on any atom is -0.295 e. The zero-order valence-electron chi connectivity index (χ0n) is 12.9. The number of benzene rings is 2. The lowest BCUT2D eigenvalue weighted by atomic mass is 10.1. The van der Waals surface area contributed by atoms with Crippen molar-refractivity contribution >= 4 is 29.0 Å². The Hall–Kier alpha value is -2.34. The number of non-ortho nitro benzene ring substituents is 1. The topological polar surface area (TPSA) is 63.5 Å². The molecule has 1 fully saturated rings. The lowest BCUT2D eigenvalue weighted by Crippen LogP contribution is -2.27. The summed E-state index contributed by atoms with van der Waals surface area (Å²) >= 11 is 1.54. The van der Waals surface area contributed by atoms with Crippen LogP contribution in [-0.2, 0) is 4.79 Å². The highest BCUT2D eigenvalue weighted by Crippen LogP contribution is 2.42. The molecule has 2 aromatic carbocycles. The number of nitro groups is 1. The first kappa shape index (κ1) is 15.6. The smallest absolute Gasteiger partial charge is 0.269 e. The van der Waals surface area contributed by atoms with E-state index in [9.17, 15) is 14.9 Å². The lowest BCUT2D eigenvalue weighted by molar-refractivity contribution is -0.384. The normalized spacial score (nSPS) is 17.6. The van der Waals surface area contributed by atoms with Gasteiger partial charge in [0, 0.05) is 17.8 Å². The average Bonchev–Trinajstić information content (AvgIpc) is 2.88. The molecule has 1 aliphatic heterocycles. The average molecular weight is 328 g/mol. The Morgan fingerprint density at radius 2 is 1.74 bits per heavy atom. The van der Waals surface area contributed by atoms with Crippen LogP contribution in [0.5, 0.6) is 0 Å². The molecule has 0 saturated carbocycles. The van der Waals surface area contributed by atoms with Gasteiger partial charge in [-0.2, -0.15) is 0 Å². The van der Waals surface area contributed by atoms with Gasteiger partial charge in [-0.3, -0.25) is 19.8 Å². The molecule has 1 amide bonds. The van der Waals surface area contributed by atoms with Crippen molar-refractivity contribution in [2.45, 2.75) is 19.2 Å². The summed E-state index contributed by atoms with van der Waals surface area (Å²) in [4.78, 5) is 24.5. The summed E-state index contributed by atoms with van der Waals surface area (Å²) in [6.07, 6.45) is 0. The largest absolute Gasteiger partial charge is 0.295 e. The van der Waals surface area contributed by atoms with Gasteiger partial charge in [-0.25, -0.2) is 0 Å². The molecule has 5 nitrogen and oxygen atoms in total. The summed E-state index contributed by atoms with van der Waals surface area (Å²) in [6, 6.07) is 12.5. The number of hydrogen-bond acceptors (Lipinski definition) is 4. The maximum atomic E-state index is 12.4. The highest BCUT2D eigenvalue weighted by molar-refractivity contribution is 8.00. The maximum absolute atomic E-state index is 12.4. The number of carbonyl (C=O) groups is 1. The first-order valence-electron chi connectivity index (χ1n) is 7.22. The number of amides is 1. The molecular weight excluding hydrogens is 312 g/mol. The molecule has 0 radical (unpaired) electrons. The monoisotopic (exact) mass is 328 g/mol. The highest BCUT2D eigenvalue weighted by atomic mass is 32.2. The van der Waals surface area contributed by atoms with Crippen LogP contribution in [0.1, 0.15) is 22.1 Å². The van der Waals surface area contributed by atoms with E-state index in [-0.39, 0.29) is 17.0 Å². The predicted molar refractivity (Wildman–Crippen MR) is 91.7 cm³/mol. The van der Waals surface area contributed by atoms with E-state index in [4.69, 9.17) is 0 Å². The second-order valence-electron chi connectivity index (χ2n) is 5.62. The van der Waals surface area contributed by atoms with Crippen LogP contribution in [0.25, 0.3) is 0 Å². The van der Waals surface area contributed by atoms with Gasteiger partial charge in [0.05, 0.1) is 10.7 Å². The van der Waals surface area contributed by atoms with E-state index in [1.165, 1.54) is 23.9 Å². The third-order valence-corrected chi connectivity index (χ3v) is 4.95. The maximum Gasteiger partial charge on any atom is 0.269 e. The van der Waals surface area contributed by atoms with Gasteiger partial charge in [0.2, 0.25) is 5.91 Å².